The Morgan fingerprint density at radius 1 is 1.03 bits per heavy atom. The number of piperidine rings is 1. The first-order valence-electron chi connectivity index (χ1n) is 10.3. The van der Waals surface area contributed by atoms with Crippen LogP contribution in [0.25, 0.3) is 11.0 Å². The van der Waals surface area contributed by atoms with E-state index < -0.39 is 0 Å². The van der Waals surface area contributed by atoms with Crippen molar-refractivity contribution in [1.82, 2.24) is 15.3 Å². The highest BCUT2D eigenvalue weighted by atomic mass is 16.1. The van der Waals surface area contributed by atoms with E-state index in [1.165, 1.54) is 12.8 Å². The molecule has 0 bridgehead atoms. The molecule has 6 heteroatoms. The SMILES string of the molecule is O=C(CCCC1CCNCC1)Nc1nc2ccc(C(=O)c3ccccc3)cc2[nH]1. The van der Waals surface area contributed by atoms with Crippen molar-refractivity contribution in [1.29, 1.82) is 0 Å². The van der Waals surface area contributed by atoms with E-state index in [4.69, 9.17) is 0 Å². The standard InChI is InChI=1S/C23H26N4O2/c28-21(8-4-5-16-11-13-24-14-12-16)27-23-25-19-10-9-18(15-20(19)26-23)22(29)17-6-2-1-3-7-17/h1-3,6-7,9-10,15-16,24H,4-5,8,11-14H2,(H2,25,26,27,28). The molecule has 1 fully saturated rings. The molecule has 1 amide bonds. The van der Waals surface area contributed by atoms with Crippen LogP contribution >= 0.6 is 0 Å². The average molecular weight is 390 g/mol. The van der Waals surface area contributed by atoms with E-state index in [0.717, 1.165) is 42.9 Å². The van der Waals surface area contributed by atoms with Crippen molar-refractivity contribution in [3.8, 4) is 0 Å². The molecule has 2 aromatic carbocycles. The third kappa shape index (κ3) is 4.90. The summed E-state index contributed by atoms with van der Waals surface area (Å²) in [6.07, 6.45) is 4.90. The summed E-state index contributed by atoms with van der Waals surface area (Å²) in [5.41, 5.74) is 2.69. The molecule has 2 heterocycles. The van der Waals surface area contributed by atoms with Crippen LogP contribution in [0.1, 0.15) is 48.0 Å². The third-order valence-corrected chi connectivity index (χ3v) is 5.51. The van der Waals surface area contributed by atoms with Gasteiger partial charge in [-0.15, -0.1) is 0 Å². The molecule has 3 N–H and O–H groups in total. The molecular formula is C23H26N4O2. The predicted octanol–water partition coefficient (Wildman–Crippen LogP) is 3.90. The molecule has 1 aliphatic rings. The van der Waals surface area contributed by atoms with Gasteiger partial charge in [-0.2, -0.15) is 0 Å². The van der Waals surface area contributed by atoms with Gasteiger partial charge in [0.2, 0.25) is 11.9 Å². The van der Waals surface area contributed by atoms with Crippen molar-refractivity contribution in [3.05, 3.63) is 59.7 Å². The fourth-order valence-electron chi connectivity index (χ4n) is 3.88. The number of aromatic nitrogens is 2. The molecule has 3 aromatic rings. The Balaban J connectivity index is 1.36. The highest BCUT2D eigenvalue weighted by molar-refractivity contribution is 6.10. The van der Waals surface area contributed by atoms with Gasteiger partial charge in [0, 0.05) is 17.5 Å². The summed E-state index contributed by atoms with van der Waals surface area (Å²) in [7, 11) is 0. The average Bonchev–Trinajstić information content (AvgIpc) is 3.16. The number of anilines is 1. The molecule has 1 aromatic heterocycles. The van der Waals surface area contributed by atoms with Crippen LogP contribution in [0.3, 0.4) is 0 Å². The summed E-state index contributed by atoms with van der Waals surface area (Å²) in [6.45, 7) is 2.18. The Kier molecular flexibility index (Phi) is 6.00. The molecule has 6 nitrogen and oxygen atoms in total. The minimum atomic E-state index is -0.0365. The van der Waals surface area contributed by atoms with Gasteiger partial charge < -0.3 is 10.3 Å². The fraction of sp³-hybridized carbons (Fsp3) is 0.348. The Hall–Kier alpha value is -2.99. The number of hydrogen-bond acceptors (Lipinski definition) is 4. The van der Waals surface area contributed by atoms with Crippen LogP contribution in [0.15, 0.2) is 48.5 Å². The topological polar surface area (TPSA) is 86.9 Å². The quantitative estimate of drug-likeness (QED) is 0.534. The van der Waals surface area contributed by atoms with Crippen molar-refractivity contribution >= 4 is 28.7 Å². The number of hydrogen-bond donors (Lipinski definition) is 3. The lowest BCUT2D eigenvalue weighted by Gasteiger charge is -2.22. The van der Waals surface area contributed by atoms with Crippen molar-refractivity contribution in [2.75, 3.05) is 18.4 Å². The molecule has 0 aliphatic carbocycles. The molecule has 1 aliphatic heterocycles. The maximum absolute atomic E-state index is 12.6. The Morgan fingerprint density at radius 3 is 2.62 bits per heavy atom. The normalized spacial score (nSPS) is 14.8. The number of rotatable bonds is 7. The number of ketones is 1. The van der Waals surface area contributed by atoms with E-state index in [1.54, 1.807) is 30.3 Å². The third-order valence-electron chi connectivity index (χ3n) is 5.51. The van der Waals surface area contributed by atoms with Gasteiger partial charge in [0.15, 0.2) is 5.78 Å². The fourth-order valence-corrected chi connectivity index (χ4v) is 3.88. The van der Waals surface area contributed by atoms with Gasteiger partial charge in [-0.1, -0.05) is 30.3 Å². The Labute approximate surface area is 170 Å². The first-order chi connectivity index (χ1) is 14.2. The minimum absolute atomic E-state index is 0.0291. The van der Waals surface area contributed by atoms with Crippen molar-refractivity contribution in [3.63, 3.8) is 0 Å². The molecule has 0 saturated carbocycles. The van der Waals surface area contributed by atoms with Gasteiger partial charge in [0.25, 0.3) is 0 Å². The zero-order valence-corrected chi connectivity index (χ0v) is 16.4. The van der Waals surface area contributed by atoms with Gasteiger partial charge in [0.1, 0.15) is 0 Å². The predicted molar refractivity (Wildman–Crippen MR) is 114 cm³/mol. The number of nitrogens with one attached hydrogen (secondary N) is 3. The second kappa shape index (κ2) is 9.01. The summed E-state index contributed by atoms with van der Waals surface area (Å²) in [6, 6.07) is 14.5. The number of imidazole rings is 1. The van der Waals surface area contributed by atoms with Crippen molar-refractivity contribution in [2.45, 2.75) is 32.1 Å². The molecule has 0 spiro atoms. The minimum Gasteiger partial charge on any atom is -0.324 e. The summed E-state index contributed by atoms with van der Waals surface area (Å²) >= 11 is 0. The van der Waals surface area contributed by atoms with E-state index in [1.807, 2.05) is 18.2 Å². The summed E-state index contributed by atoms with van der Waals surface area (Å²) in [4.78, 5) is 32.4. The smallest absolute Gasteiger partial charge is 0.226 e. The molecule has 29 heavy (non-hydrogen) atoms. The number of benzene rings is 2. The first kappa shape index (κ1) is 19.3. The van der Waals surface area contributed by atoms with Crippen LogP contribution in [0.2, 0.25) is 0 Å². The largest absolute Gasteiger partial charge is 0.324 e. The number of fused-ring (bicyclic) bond motifs is 1. The number of H-pyrrole nitrogens is 1. The Morgan fingerprint density at radius 2 is 1.83 bits per heavy atom. The molecule has 0 unspecified atom stereocenters. The van der Waals surface area contributed by atoms with Crippen LogP contribution in [0, 0.1) is 5.92 Å². The van der Waals surface area contributed by atoms with Crippen molar-refractivity contribution in [2.24, 2.45) is 5.92 Å². The van der Waals surface area contributed by atoms with Gasteiger partial charge in [-0.05, 0) is 62.9 Å². The maximum atomic E-state index is 12.6. The highest BCUT2D eigenvalue weighted by Crippen LogP contribution is 2.20. The number of amides is 1. The monoisotopic (exact) mass is 390 g/mol. The van der Waals surface area contributed by atoms with E-state index in [2.05, 4.69) is 20.6 Å². The summed E-state index contributed by atoms with van der Waals surface area (Å²) < 4.78 is 0. The number of nitrogens with zero attached hydrogens (tertiary/aromatic N) is 1. The lowest BCUT2D eigenvalue weighted by Crippen LogP contribution is -2.27. The molecule has 1 saturated heterocycles. The second-order valence-corrected chi connectivity index (χ2v) is 7.65. The zero-order chi connectivity index (χ0) is 20.1. The van der Waals surface area contributed by atoms with Crippen LogP contribution < -0.4 is 10.6 Å². The van der Waals surface area contributed by atoms with Gasteiger partial charge in [0.05, 0.1) is 11.0 Å². The molecule has 0 atom stereocenters. The van der Waals surface area contributed by atoms with E-state index in [9.17, 15) is 9.59 Å². The number of carbonyl (C=O) groups is 2. The Bertz CT molecular complexity index is 991. The second-order valence-electron chi connectivity index (χ2n) is 7.65. The zero-order valence-electron chi connectivity index (χ0n) is 16.4. The summed E-state index contributed by atoms with van der Waals surface area (Å²) in [5, 5.41) is 6.21. The summed E-state index contributed by atoms with van der Waals surface area (Å²) in [5.74, 6) is 1.09. The van der Waals surface area contributed by atoms with Gasteiger partial charge in [-0.3, -0.25) is 14.9 Å². The number of carbonyl (C=O) groups excluding carboxylic acids is 2. The lowest BCUT2D eigenvalue weighted by molar-refractivity contribution is -0.116. The molecule has 0 radical (unpaired) electrons. The van der Waals surface area contributed by atoms with Gasteiger partial charge in [-0.25, -0.2) is 4.98 Å². The van der Waals surface area contributed by atoms with Crippen LogP contribution in [-0.2, 0) is 4.79 Å². The van der Waals surface area contributed by atoms with Gasteiger partial charge >= 0.3 is 0 Å². The van der Waals surface area contributed by atoms with E-state index >= 15 is 0 Å². The number of aromatic amines is 1. The highest BCUT2D eigenvalue weighted by Gasteiger charge is 2.14. The first-order valence-corrected chi connectivity index (χ1v) is 10.3. The molecule has 4 rings (SSSR count). The van der Waals surface area contributed by atoms with Crippen molar-refractivity contribution < 1.29 is 9.59 Å². The lowest BCUT2D eigenvalue weighted by atomic mass is 9.92. The molecule has 150 valence electrons. The van der Waals surface area contributed by atoms with Crippen LogP contribution in [0.4, 0.5) is 5.95 Å². The van der Waals surface area contributed by atoms with E-state index in [0.29, 0.717) is 23.5 Å². The maximum Gasteiger partial charge on any atom is 0.226 e. The van der Waals surface area contributed by atoms with Crippen LogP contribution in [0.5, 0.6) is 0 Å². The van der Waals surface area contributed by atoms with Crippen LogP contribution in [-0.4, -0.2) is 34.7 Å². The molecular weight excluding hydrogens is 364 g/mol. The van der Waals surface area contributed by atoms with E-state index in [-0.39, 0.29) is 11.7 Å².